The van der Waals surface area contributed by atoms with Crippen molar-refractivity contribution in [3.63, 3.8) is 0 Å². The molecule has 0 unspecified atom stereocenters. The molecule has 0 saturated heterocycles. The molecule has 36 heavy (non-hydrogen) atoms. The molecule has 1 N–H and O–H groups in total. The van der Waals surface area contributed by atoms with Crippen molar-refractivity contribution in [3.05, 3.63) is 123 Å². The number of hydrogen-bond donors (Lipinski definition) is 1. The van der Waals surface area contributed by atoms with Gasteiger partial charge in [0.15, 0.2) is 5.11 Å². The zero-order chi connectivity index (χ0) is 25.7. The van der Waals surface area contributed by atoms with Gasteiger partial charge in [-0.1, -0.05) is 59.6 Å². The molecule has 0 radical (unpaired) electrons. The second kappa shape index (κ2) is 11.8. The van der Waals surface area contributed by atoms with E-state index in [1.807, 2.05) is 12.1 Å². The molecule has 0 atom stereocenters. The first-order chi connectivity index (χ1) is 17.3. The topological polar surface area (TPSA) is 20.2 Å². The van der Waals surface area contributed by atoms with Crippen molar-refractivity contribution in [1.82, 2.24) is 9.47 Å². The fourth-order valence-corrected chi connectivity index (χ4v) is 4.79. The van der Waals surface area contributed by atoms with E-state index in [1.54, 1.807) is 0 Å². The van der Waals surface area contributed by atoms with E-state index in [-0.39, 0.29) is 0 Å². The fourth-order valence-electron chi connectivity index (χ4n) is 4.40. The monoisotopic (exact) mass is 515 g/mol. The van der Waals surface area contributed by atoms with E-state index in [0.29, 0.717) is 0 Å². The van der Waals surface area contributed by atoms with E-state index < -0.39 is 0 Å². The van der Waals surface area contributed by atoms with E-state index in [0.717, 1.165) is 41.9 Å². The minimum absolute atomic E-state index is 0.724. The van der Waals surface area contributed by atoms with E-state index in [2.05, 4.69) is 109 Å². The molecule has 0 aliphatic heterocycles. The summed E-state index contributed by atoms with van der Waals surface area (Å²) in [7, 11) is 0. The Morgan fingerprint density at radius 3 is 2.44 bits per heavy atom. The van der Waals surface area contributed by atoms with Crippen LogP contribution in [0.5, 0.6) is 0 Å². The van der Waals surface area contributed by atoms with Crippen LogP contribution in [0.4, 0.5) is 5.69 Å². The number of aromatic nitrogens is 1. The average molecular weight is 516 g/mol. The van der Waals surface area contributed by atoms with Gasteiger partial charge >= 0.3 is 0 Å². The molecule has 0 spiro atoms. The quantitative estimate of drug-likeness (QED) is 0.241. The fraction of sp³-hybridized carbons (Fsp3) is 0.258. The van der Waals surface area contributed by atoms with Crippen molar-refractivity contribution >= 4 is 34.6 Å². The number of nitrogens with one attached hydrogen (secondary N) is 1. The molecule has 0 aliphatic carbocycles. The van der Waals surface area contributed by atoms with Gasteiger partial charge in [-0.3, -0.25) is 0 Å². The molecule has 1 aromatic heterocycles. The van der Waals surface area contributed by atoms with Gasteiger partial charge in [0.2, 0.25) is 0 Å². The number of rotatable bonds is 8. The summed E-state index contributed by atoms with van der Waals surface area (Å²) >= 11 is 12.1. The van der Waals surface area contributed by atoms with Crippen molar-refractivity contribution < 1.29 is 0 Å². The van der Waals surface area contributed by atoms with Gasteiger partial charge in [-0.25, -0.2) is 0 Å². The third-order valence-electron chi connectivity index (χ3n) is 6.83. The minimum atomic E-state index is 0.724. The maximum Gasteiger partial charge on any atom is 0.173 e. The van der Waals surface area contributed by atoms with Gasteiger partial charge in [0, 0.05) is 35.7 Å². The number of anilines is 1. The van der Waals surface area contributed by atoms with Crippen molar-refractivity contribution in [1.29, 1.82) is 0 Å². The van der Waals surface area contributed by atoms with Crippen molar-refractivity contribution in [3.8, 4) is 0 Å². The van der Waals surface area contributed by atoms with E-state index >= 15 is 0 Å². The van der Waals surface area contributed by atoms with Crippen LogP contribution in [0.3, 0.4) is 0 Å². The summed E-state index contributed by atoms with van der Waals surface area (Å²) in [5.74, 6) is 0. The summed E-state index contributed by atoms with van der Waals surface area (Å²) in [6, 6.07) is 25.3. The Morgan fingerprint density at radius 1 is 0.917 bits per heavy atom. The Balaban J connectivity index is 1.55. The number of benzene rings is 3. The first-order valence-corrected chi connectivity index (χ1v) is 13.2. The Bertz CT molecular complexity index is 1340. The highest BCUT2D eigenvalue weighted by Gasteiger charge is 2.15. The molecular formula is C31H34ClN3S. The Hall–Kier alpha value is -3.08. The Labute approximate surface area is 225 Å². The lowest BCUT2D eigenvalue weighted by Gasteiger charge is -2.27. The lowest BCUT2D eigenvalue weighted by atomic mass is 10.1. The summed E-state index contributed by atoms with van der Waals surface area (Å²) in [5.41, 5.74) is 9.94. The predicted molar refractivity (Wildman–Crippen MR) is 157 cm³/mol. The molecule has 0 bridgehead atoms. The Morgan fingerprint density at radius 2 is 1.69 bits per heavy atom. The Kier molecular flexibility index (Phi) is 8.50. The first kappa shape index (κ1) is 26.0. The van der Waals surface area contributed by atoms with Crippen LogP contribution in [0.2, 0.25) is 5.02 Å². The smallest absolute Gasteiger partial charge is 0.173 e. The third kappa shape index (κ3) is 6.57. The molecule has 0 amide bonds. The normalized spacial score (nSPS) is 10.9. The van der Waals surface area contributed by atoms with Crippen molar-refractivity contribution in [2.75, 3.05) is 11.9 Å². The minimum Gasteiger partial charge on any atom is -0.345 e. The molecule has 0 aliphatic rings. The summed E-state index contributed by atoms with van der Waals surface area (Å²) in [6.07, 6.45) is 3.04. The first-order valence-electron chi connectivity index (χ1n) is 12.4. The maximum atomic E-state index is 6.10. The van der Waals surface area contributed by atoms with Crippen LogP contribution in [-0.2, 0) is 19.5 Å². The highest BCUT2D eigenvalue weighted by atomic mass is 35.5. The second-order valence-electron chi connectivity index (χ2n) is 9.53. The lowest BCUT2D eigenvalue weighted by Crippen LogP contribution is -2.36. The van der Waals surface area contributed by atoms with Gasteiger partial charge in [-0.2, -0.15) is 0 Å². The molecule has 186 valence electrons. The molecular weight excluding hydrogens is 482 g/mol. The zero-order valence-electron chi connectivity index (χ0n) is 21.5. The van der Waals surface area contributed by atoms with Crippen molar-refractivity contribution in [2.45, 2.75) is 47.2 Å². The van der Waals surface area contributed by atoms with Crippen LogP contribution >= 0.6 is 23.8 Å². The van der Waals surface area contributed by atoms with Gasteiger partial charge in [-0.15, -0.1) is 0 Å². The molecule has 0 saturated carbocycles. The molecule has 4 aromatic rings. The van der Waals surface area contributed by atoms with E-state index in [4.69, 9.17) is 23.8 Å². The third-order valence-corrected chi connectivity index (χ3v) is 7.44. The number of nitrogens with zero attached hydrogens (tertiary/aromatic N) is 2. The molecule has 1 heterocycles. The summed E-state index contributed by atoms with van der Waals surface area (Å²) in [4.78, 5) is 2.26. The van der Waals surface area contributed by atoms with Crippen LogP contribution in [0.1, 0.15) is 39.1 Å². The predicted octanol–water partition coefficient (Wildman–Crippen LogP) is 7.87. The van der Waals surface area contributed by atoms with Gasteiger partial charge in [0.1, 0.15) is 0 Å². The maximum absolute atomic E-state index is 6.10. The highest BCUT2D eigenvalue weighted by Crippen LogP contribution is 2.20. The standard InChI is InChI=1S/C31H34ClN3S/c1-22-10-13-27(24(3)19-22)20-34-17-6-8-29(34)21-35(18-16-26-11-14-28(32)15-12-26)31(36)33-30-9-5-7-23(2)25(30)4/h5-15,17,19H,16,18,20-21H2,1-4H3,(H,33,36). The SMILES string of the molecule is Cc1ccc(Cn2cccc2CN(CCc2ccc(Cl)cc2)C(=S)Nc2cccc(C)c2C)c(C)c1. The molecule has 3 aromatic carbocycles. The summed E-state index contributed by atoms with van der Waals surface area (Å²) in [5, 5.41) is 5.01. The van der Waals surface area contributed by atoms with Crippen LogP contribution in [0.25, 0.3) is 0 Å². The molecule has 5 heteroatoms. The van der Waals surface area contributed by atoms with Gasteiger partial charge < -0.3 is 14.8 Å². The lowest BCUT2D eigenvalue weighted by molar-refractivity contribution is 0.409. The van der Waals surface area contributed by atoms with Crippen LogP contribution < -0.4 is 5.32 Å². The van der Waals surface area contributed by atoms with Gasteiger partial charge in [0.25, 0.3) is 0 Å². The molecule has 0 fully saturated rings. The molecule has 3 nitrogen and oxygen atoms in total. The van der Waals surface area contributed by atoms with Gasteiger partial charge in [0.05, 0.1) is 6.54 Å². The van der Waals surface area contributed by atoms with Crippen LogP contribution in [0.15, 0.2) is 79.0 Å². The largest absolute Gasteiger partial charge is 0.345 e. The van der Waals surface area contributed by atoms with E-state index in [9.17, 15) is 0 Å². The number of aryl methyl sites for hydroxylation is 3. The zero-order valence-corrected chi connectivity index (χ0v) is 23.1. The van der Waals surface area contributed by atoms with Gasteiger partial charge in [-0.05, 0) is 104 Å². The highest BCUT2D eigenvalue weighted by molar-refractivity contribution is 7.80. The number of halogens is 1. The number of hydrogen-bond acceptors (Lipinski definition) is 1. The average Bonchev–Trinajstić information content (AvgIpc) is 3.29. The number of thiocarbonyl (C=S) groups is 1. The second-order valence-corrected chi connectivity index (χ2v) is 10.4. The van der Waals surface area contributed by atoms with Crippen molar-refractivity contribution in [2.24, 2.45) is 0 Å². The summed E-state index contributed by atoms with van der Waals surface area (Å²) in [6.45, 7) is 11.0. The van der Waals surface area contributed by atoms with Crippen LogP contribution in [0, 0.1) is 27.7 Å². The molecule has 4 rings (SSSR count). The summed E-state index contributed by atoms with van der Waals surface area (Å²) < 4.78 is 2.33. The van der Waals surface area contributed by atoms with Crippen LogP contribution in [-0.4, -0.2) is 21.1 Å². The van der Waals surface area contributed by atoms with E-state index in [1.165, 1.54) is 39.1 Å².